The highest BCUT2D eigenvalue weighted by Gasteiger charge is 2.78. The lowest BCUT2D eigenvalue weighted by Crippen LogP contribution is -2.91. The van der Waals surface area contributed by atoms with Crippen LogP contribution in [0.25, 0.3) is 0 Å². The van der Waals surface area contributed by atoms with Gasteiger partial charge in [-0.2, -0.15) is 0 Å². The molecule has 0 aliphatic carbocycles. The summed E-state index contributed by atoms with van der Waals surface area (Å²) in [7, 11) is -10.5. The van der Waals surface area contributed by atoms with Gasteiger partial charge in [0.05, 0.1) is 0 Å². The predicted molar refractivity (Wildman–Crippen MR) is 87.0 cm³/mol. The fourth-order valence-electron chi connectivity index (χ4n) is 3.73. The lowest BCUT2D eigenvalue weighted by molar-refractivity contribution is -0.674. The first-order chi connectivity index (χ1) is 13.6. The van der Waals surface area contributed by atoms with Gasteiger partial charge in [-0.05, 0) is 0 Å². The second-order valence-electron chi connectivity index (χ2n) is 6.55. The van der Waals surface area contributed by atoms with Gasteiger partial charge in [-0.3, -0.25) is 26.0 Å². The van der Waals surface area contributed by atoms with Crippen LogP contribution in [-0.2, 0) is 29.6 Å². The quantitative estimate of drug-likeness (QED) is 0.0792. The average molecular weight is 475 g/mol. The van der Waals surface area contributed by atoms with Gasteiger partial charge in [0, 0.05) is 0 Å². The second-order valence-corrected chi connectivity index (χ2v) is 8.67. The standard InChI is InChI=1S/C10H17N7O11S2/c11-6-14-5-3(2-27-8(18)16-29(21,22)23)13-7(12)17-1-4(28-30(24,25)26)10(19,20)9(5,17)15-6/h3-5,19-20H,1-2H2,(H8,11,12,13,14,15,16,18,21,22,23,24,25,26)/t3-,4-,5-,9-/m0/s1. The van der Waals surface area contributed by atoms with Crippen LogP contribution in [0, 0.1) is 0 Å². The number of nitrogens with two attached hydrogens (primary N) is 2. The molecule has 3 aliphatic rings. The lowest BCUT2D eigenvalue weighted by Gasteiger charge is -2.40. The zero-order chi connectivity index (χ0) is 22.7. The van der Waals surface area contributed by atoms with Gasteiger partial charge in [-0.1, -0.05) is 0 Å². The zero-order valence-electron chi connectivity index (χ0n) is 14.6. The van der Waals surface area contributed by atoms with Crippen LogP contribution in [-0.4, -0.2) is 102 Å². The maximum absolute atomic E-state index is 11.4. The van der Waals surface area contributed by atoms with Gasteiger partial charge in [0.25, 0.3) is 11.4 Å². The van der Waals surface area contributed by atoms with Crippen molar-refractivity contribution in [3.05, 3.63) is 0 Å². The monoisotopic (exact) mass is 475 g/mol. The Kier molecular flexibility index (Phi) is 5.00. The molecular weight excluding hydrogens is 458 g/mol. The van der Waals surface area contributed by atoms with Crippen LogP contribution in [0.3, 0.4) is 0 Å². The average Bonchev–Trinajstić information content (AvgIpc) is 2.99. The van der Waals surface area contributed by atoms with Gasteiger partial charge in [-0.15, -0.1) is 0 Å². The highest BCUT2D eigenvalue weighted by Crippen LogP contribution is 2.39. The fourth-order valence-corrected chi connectivity index (χ4v) is 4.48. The molecular formula is C10H17N7O11S2. The van der Waals surface area contributed by atoms with Crippen molar-refractivity contribution in [1.82, 2.24) is 15.4 Å². The molecule has 18 nitrogen and oxygen atoms in total. The molecule has 0 radical (unpaired) electrons. The molecule has 1 saturated heterocycles. The Morgan fingerprint density at radius 2 is 1.97 bits per heavy atom. The number of hydrogen-bond donors (Lipinski definition) is 8. The summed E-state index contributed by atoms with van der Waals surface area (Å²) in [6.45, 7) is -1.26. The van der Waals surface area contributed by atoms with Gasteiger partial charge < -0.3 is 24.1 Å². The van der Waals surface area contributed by atoms with E-state index in [9.17, 15) is 40.9 Å². The van der Waals surface area contributed by atoms with Crippen molar-refractivity contribution in [2.45, 2.75) is 29.6 Å². The van der Waals surface area contributed by atoms with E-state index in [4.69, 9.17) is 11.5 Å². The van der Waals surface area contributed by atoms with E-state index in [1.54, 1.807) is 0 Å². The Morgan fingerprint density at radius 3 is 2.53 bits per heavy atom. The molecule has 1 fully saturated rings. The van der Waals surface area contributed by atoms with E-state index >= 15 is 0 Å². The topological polar surface area (TPSA) is 295 Å². The number of amides is 1. The van der Waals surface area contributed by atoms with Crippen molar-refractivity contribution < 1.29 is 59.4 Å². The largest absolute Gasteiger partial charge is 0.731 e. The molecule has 10 N–H and O–H groups in total. The van der Waals surface area contributed by atoms with E-state index in [1.807, 2.05) is 0 Å². The molecule has 3 aliphatic heterocycles. The van der Waals surface area contributed by atoms with Crippen molar-refractivity contribution in [1.29, 1.82) is 0 Å². The number of rotatable bonds is 5. The first-order valence-corrected chi connectivity index (χ1v) is 10.6. The number of aliphatic hydroxyl groups is 2. The molecule has 0 saturated carbocycles. The Labute approximate surface area is 168 Å². The smallest absolute Gasteiger partial charge is 0.420 e. The predicted octanol–water partition coefficient (Wildman–Crippen LogP) is -8.92. The van der Waals surface area contributed by atoms with Gasteiger partial charge in [0.15, 0.2) is 22.4 Å². The molecule has 3 rings (SSSR count). The summed E-state index contributed by atoms with van der Waals surface area (Å²) in [5, 5.41) is 26.6. The van der Waals surface area contributed by atoms with Crippen molar-refractivity contribution in [2.24, 2.45) is 11.5 Å². The van der Waals surface area contributed by atoms with Crippen molar-refractivity contribution >= 4 is 38.7 Å². The van der Waals surface area contributed by atoms with Gasteiger partial charge in [0.1, 0.15) is 19.2 Å². The molecule has 4 atom stereocenters. The second kappa shape index (κ2) is 6.76. The summed E-state index contributed by atoms with van der Waals surface area (Å²) in [6, 6.07) is -2.35. The maximum Gasteiger partial charge on any atom is 0.420 e. The third-order valence-corrected chi connectivity index (χ3v) is 5.62. The highest BCUT2D eigenvalue weighted by molar-refractivity contribution is 7.84. The minimum absolute atomic E-state index is 0.226. The first-order valence-electron chi connectivity index (χ1n) is 7.90. The van der Waals surface area contributed by atoms with Crippen LogP contribution in [0.1, 0.15) is 0 Å². The van der Waals surface area contributed by atoms with E-state index < -0.39 is 69.6 Å². The van der Waals surface area contributed by atoms with E-state index in [0.29, 0.717) is 0 Å². The number of ether oxygens (including phenoxy) is 1. The molecule has 0 unspecified atom stereocenters. The summed E-state index contributed by atoms with van der Waals surface area (Å²) in [6.07, 6.45) is -3.62. The van der Waals surface area contributed by atoms with Gasteiger partial charge in [-0.25, -0.2) is 36.2 Å². The highest BCUT2D eigenvalue weighted by atomic mass is 32.3. The van der Waals surface area contributed by atoms with E-state index in [-0.39, 0.29) is 11.9 Å². The number of nitrogens with zero attached hydrogens (tertiary/aromatic N) is 1. The zero-order valence-corrected chi connectivity index (χ0v) is 16.3. The van der Waals surface area contributed by atoms with Crippen LogP contribution in [0.15, 0.2) is 0 Å². The first kappa shape index (κ1) is 22.2. The Bertz CT molecular complexity index is 1040. The molecule has 0 aromatic rings. The normalized spacial score (nSPS) is 32.4. The van der Waals surface area contributed by atoms with Crippen LogP contribution < -0.4 is 31.8 Å². The minimum atomic E-state index is -5.35. The van der Waals surface area contributed by atoms with Crippen molar-refractivity contribution in [3.63, 3.8) is 0 Å². The molecule has 3 heterocycles. The number of guanidine groups is 2. The molecule has 0 aromatic heterocycles. The molecule has 30 heavy (non-hydrogen) atoms. The van der Waals surface area contributed by atoms with E-state index in [0.717, 1.165) is 9.30 Å². The third-order valence-electron chi connectivity index (χ3n) is 4.73. The number of carbonyl (C=O) groups excluding carboxylic acids is 1. The summed E-state index contributed by atoms with van der Waals surface area (Å²) in [4.78, 5) is 14.0. The molecule has 20 heteroatoms. The number of carbonyl (C=O) groups is 1. The van der Waals surface area contributed by atoms with Crippen LogP contribution in [0.4, 0.5) is 4.79 Å². The maximum atomic E-state index is 11.4. The van der Waals surface area contributed by atoms with E-state index in [2.05, 4.69) is 24.5 Å². The van der Waals surface area contributed by atoms with Crippen molar-refractivity contribution in [3.8, 4) is 0 Å². The lowest BCUT2D eigenvalue weighted by atomic mass is 9.86. The molecule has 1 spiro atoms. The van der Waals surface area contributed by atoms with E-state index in [1.165, 1.54) is 0 Å². The number of nitrogens with one attached hydrogen (secondary N) is 4. The van der Waals surface area contributed by atoms with Gasteiger partial charge in [0.2, 0.25) is 10.4 Å². The Balaban J connectivity index is 1.93. The number of hydrogen-bond acceptors (Lipinski definition) is 15. The van der Waals surface area contributed by atoms with Crippen LogP contribution >= 0.6 is 0 Å². The molecule has 170 valence electrons. The summed E-state index contributed by atoms with van der Waals surface area (Å²) in [5.41, 5.74) is 9.46. The van der Waals surface area contributed by atoms with Crippen LogP contribution in [0.5, 0.6) is 0 Å². The van der Waals surface area contributed by atoms with Gasteiger partial charge >= 0.3 is 18.0 Å². The molecule has 0 bridgehead atoms. The summed E-state index contributed by atoms with van der Waals surface area (Å²) >= 11 is 0. The Hall–Kier alpha value is -2.49. The SMILES string of the molecule is NC1=[NH+][C@H]2[C@H](COC(=O)NS(=O)(=O)[O-])NC(N)=[N+]3C[C@H](OS(=O)(=O)[O-])C(O)(O)[C@]23N1. The third kappa shape index (κ3) is 3.68. The summed E-state index contributed by atoms with van der Waals surface area (Å²) in [5.74, 6) is -3.60. The molecule has 0 aromatic carbocycles. The van der Waals surface area contributed by atoms with Crippen molar-refractivity contribution in [2.75, 3.05) is 13.2 Å². The molecule has 1 amide bonds. The van der Waals surface area contributed by atoms with Crippen LogP contribution in [0.2, 0.25) is 0 Å². The summed E-state index contributed by atoms with van der Waals surface area (Å²) < 4.78 is 75.6. The fraction of sp³-hybridized carbons (Fsp3) is 0.700. The Morgan fingerprint density at radius 1 is 1.33 bits per heavy atom. The minimum Gasteiger partial charge on any atom is -0.731 e.